The van der Waals surface area contributed by atoms with E-state index in [2.05, 4.69) is 16.0 Å². The van der Waals surface area contributed by atoms with Gasteiger partial charge in [-0.05, 0) is 38.5 Å². The molecule has 0 aromatic carbocycles. The average Bonchev–Trinajstić information content (AvgIpc) is 2.71. The lowest BCUT2D eigenvalue weighted by Crippen LogP contribution is -2.49. The number of nitrogens with zero attached hydrogens (tertiary/aromatic N) is 1. The van der Waals surface area contributed by atoms with Crippen LogP contribution in [0.4, 0.5) is 4.79 Å². The number of amides is 4. The summed E-state index contributed by atoms with van der Waals surface area (Å²) >= 11 is 0. The lowest BCUT2D eigenvalue weighted by Gasteiger charge is -2.36. The van der Waals surface area contributed by atoms with Crippen molar-refractivity contribution in [1.29, 1.82) is 0 Å². The van der Waals surface area contributed by atoms with Crippen molar-refractivity contribution in [3.05, 3.63) is 0 Å². The molecule has 0 spiro atoms. The Morgan fingerprint density at radius 2 is 1.68 bits per heavy atom. The summed E-state index contributed by atoms with van der Waals surface area (Å²) in [6, 6.07) is 0.224. The van der Waals surface area contributed by atoms with E-state index in [1.54, 1.807) is 0 Å². The topological polar surface area (TPSA) is 117 Å². The van der Waals surface area contributed by atoms with Crippen LogP contribution in [0.25, 0.3) is 0 Å². The first-order chi connectivity index (χ1) is 13.6. The van der Waals surface area contributed by atoms with E-state index >= 15 is 0 Å². The molecule has 0 aromatic rings. The monoisotopic (exact) mass is 395 g/mol. The summed E-state index contributed by atoms with van der Waals surface area (Å²) in [5.41, 5.74) is 5.40. The van der Waals surface area contributed by atoms with Crippen LogP contribution in [0.3, 0.4) is 0 Å². The zero-order valence-corrected chi connectivity index (χ0v) is 17.0. The smallest absolute Gasteiger partial charge is 0.315 e. The van der Waals surface area contributed by atoms with Crippen molar-refractivity contribution in [3.8, 4) is 0 Å². The Bertz CT molecular complexity index is 508. The number of urea groups is 1. The summed E-state index contributed by atoms with van der Waals surface area (Å²) in [6.07, 6.45) is 10.1. The van der Waals surface area contributed by atoms with E-state index in [9.17, 15) is 14.4 Å². The highest BCUT2D eigenvalue weighted by molar-refractivity contribution is 5.78. The van der Waals surface area contributed by atoms with E-state index in [1.807, 2.05) is 4.90 Å². The molecule has 28 heavy (non-hydrogen) atoms. The number of nitrogens with two attached hydrogens (primary N) is 1. The Labute approximate surface area is 168 Å². The molecule has 2 rings (SSSR count). The van der Waals surface area contributed by atoms with Gasteiger partial charge in [-0.25, -0.2) is 4.79 Å². The Morgan fingerprint density at radius 3 is 2.43 bits per heavy atom. The van der Waals surface area contributed by atoms with Gasteiger partial charge >= 0.3 is 6.03 Å². The minimum Gasteiger partial charge on any atom is -0.354 e. The molecule has 1 aliphatic heterocycles. The molecule has 2 aliphatic rings. The maximum absolute atomic E-state index is 12.6. The van der Waals surface area contributed by atoms with Crippen molar-refractivity contribution in [3.63, 3.8) is 0 Å². The van der Waals surface area contributed by atoms with Crippen molar-refractivity contribution in [2.45, 2.75) is 82.7 Å². The number of carbonyl (C=O) groups is 3. The molecule has 1 unspecified atom stereocenters. The number of carbonyl (C=O) groups excluding carboxylic acids is 3. The highest BCUT2D eigenvalue weighted by atomic mass is 16.2. The van der Waals surface area contributed by atoms with Crippen molar-refractivity contribution in [2.75, 3.05) is 26.2 Å². The van der Waals surface area contributed by atoms with Gasteiger partial charge in [0.1, 0.15) is 0 Å². The molecule has 1 aliphatic carbocycles. The number of hydrogen-bond acceptors (Lipinski definition) is 4. The van der Waals surface area contributed by atoms with E-state index < -0.39 is 0 Å². The van der Waals surface area contributed by atoms with E-state index in [-0.39, 0.29) is 23.9 Å². The average molecular weight is 396 g/mol. The summed E-state index contributed by atoms with van der Waals surface area (Å²) in [7, 11) is 0. The standard InChI is InChI=1S/C20H37N5O3/c21-12-11-18(26)23-15-17-9-4-5-14-25(17)19(27)10-6-13-22-20(28)24-16-7-2-1-3-8-16/h16-17H,1-15,21H2,(H,23,26)(H2,22,24,28). The van der Waals surface area contributed by atoms with Crippen LogP contribution in [-0.2, 0) is 9.59 Å². The van der Waals surface area contributed by atoms with Crippen molar-refractivity contribution >= 4 is 17.8 Å². The maximum Gasteiger partial charge on any atom is 0.315 e. The Balaban J connectivity index is 1.64. The third-order valence-electron chi connectivity index (χ3n) is 5.65. The van der Waals surface area contributed by atoms with Crippen LogP contribution in [0, 0.1) is 0 Å². The van der Waals surface area contributed by atoms with Gasteiger partial charge in [0, 0.05) is 51.1 Å². The molecule has 1 heterocycles. The zero-order chi connectivity index (χ0) is 20.2. The molecular formula is C20H37N5O3. The normalized spacial score (nSPS) is 20.5. The number of piperidine rings is 1. The molecule has 8 heteroatoms. The van der Waals surface area contributed by atoms with E-state index in [1.165, 1.54) is 19.3 Å². The zero-order valence-electron chi connectivity index (χ0n) is 17.0. The fourth-order valence-electron chi connectivity index (χ4n) is 4.06. The van der Waals surface area contributed by atoms with Gasteiger partial charge in [-0.2, -0.15) is 0 Å². The third kappa shape index (κ3) is 8.04. The predicted octanol–water partition coefficient (Wildman–Crippen LogP) is 1.24. The molecule has 4 amide bonds. The Kier molecular flexibility index (Phi) is 10.1. The second-order valence-electron chi connectivity index (χ2n) is 7.92. The molecule has 8 nitrogen and oxygen atoms in total. The largest absolute Gasteiger partial charge is 0.354 e. The highest BCUT2D eigenvalue weighted by Gasteiger charge is 2.26. The predicted molar refractivity (Wildman–Crippen MR) is 109 cm³/mol. The van der Waals surface area contributed by atoms with Gasteiger partial charge in [-0.3, -0.25) is 9.59 Å². The molecule has 1 saturated carbocycles. The van der Waals surface area contributed by atoms with Crippen LogP contribution in [0.15, 0.2) is 0 Å². The summed E-state index contributed by atoms with van der Waals surface area (Å²) in [6.45, 7) is 2.06. The molecular weight excluding hydrogens is 358 g/mol. The quantitative estimate of drug-likeness (QED) is 0.440. The number of hydrogen-bond donors (Lipinski definition) is 4. The van der Waals surface area contributed by atoms with Crippen LogP contribution in [0.2, 0.25) is 0 Å². The van der Waals surface area contributed by atoms with Crippen LogP contribution in [0.5, 0.6) is 0 Å². The SMILES string of the molecule is NCCC(=O)NCC1CCCCN1C(=O)CCCNC(=O)NC1CCCCC1. The molecule has 5 N–H and O–H groups in total. The second-order valence-corrected chi connectivity index (χ2v) is 7.92. The van der Waals surface area contributed by atoms with E-state index in [0.29, 0.717) is 44.9 Å². The van der Waals surface area contributed by atoms with Gasteiger partial charge in [0.25, 0.3) is 0 Å². The summed E-state index contributed by atoms with van der Waals surface area (Å²) in [5, 5.41) is 8.77. The highest BCUT2D eigenvalue weighted by Crippen LogP contribution is 2.18. The van der Waals surface area contributed by atoms with Gasteiger partial charge in [-0.15, -0.1) is 0 Å². The maximum atomic E-state index is 12.6. The van der Waals surface area contributed by atoms with E-state index in [0.717, 1.165) is 38.6 Å². The van der Waals surface area contributed by atoms with Crippen molar-refractivity contribution < 1.29 is 14.4 Å². The fraction of sp³-hybridized carbons (Fsp3) is 0.850. The second kappa shape index (κ2) is 12.6. The summed E-state index contributed by atoms with van der Waals surface area (Å²) < 4.78 is 0. The fourth-order valence-corrected chi connectivity index (χ4v) is 4.06. The van der Waals surface area contributed by atoms with E-state index in [4.69, 9.17) is 5.73 Å². The van der Waals surface area contributed by atoms with Crippen LogP contribution in [-0.4, -0.2) is 61.0 Å². The minimum absolute atomic E-state index is 0.0607. The van der Waals surface area contributed by atoms with Gasteiger partial charge in [0.05, 0.1) is 0 Å². The molecule has 0 radical (unpaired) electrons. The molecule has 0 bridgehead atoms. The molecule has 1 atom stereocenters. The van der Waals surface area contributed by atoms with Crippen molar-refractivity contribution in [1.82, 2.24) is 20.9 Å². The van der Waals surface area contributed by atoms with Crippen LogP contribution in [0.1, 0.15) is 70.6 Å². The first kappa shape index (κ1) is 22.5. The van der Waals surface area contributed by atoms with Crippen LogP contribution < -0.4 is 21.7 Å². The lowest BCUT2D eigenvalue weighted by atomic mass is 9.96. The first-order valence-corrected chi connectivity index (χ1v) is 10.9. The minimum atomic E-state index is -0.127. The lowest BCUT2D eigenvalue weighted by molar-refractivity contribution is -0.135. The van der Waals surface area contributed by atoms with Gasteiger partial charge in [0.15, 0.2) is 0 Å². The molecule has 160 valence electrons. The number of rotatable bonds is 9. The Hall–Kier alpha value is -1.83. The third-order valence-corrected chi connectivity index (χ3v) is 5.65. The van der Waals surface area contributed by atoms with Crippen molar-refractivity contribution in [2.24, 2.45) is 5.73 Å². The summed E-state index contributed by atoms with van der Waals surface area (Å²) in [4.78, 5) is 38.1. The molecule has 0 aromatic heterocycles. The Morgan fingerprint density at radius 1 is 0.929 bits per heavy atom. The number of nitrogens with one attached hydrogen (secondary N) is 3. The molecule has 1 saturated heterocycles. The van der Waals surface area contributed by atoms with Gasteiger partial charge in [0.2, 0.25) is 11.8 Å². The molecule has 2 fully saturated rings. The van der Waals surface area contributed by atoms with Gasteiger partial charge < -0.3 is 26.6 Å². The summed E-state index contributed by atoms with van der Waals surface area (Å²) in [5.74, 6) is 0.0425. The van der Waals surface area contributed by atoms with Crippen LogP contribution >= 0.6 is 0 Å². The number of likely N-dealkylation sites (tertiary alicyclic amines) is 1. The van der Waals surface area contributed by atoms with Gasteiger partial charge in [-0.1, -0.05) is 19.3 Å². The first-order valence-electron chi connectivity index (χ1n) is 10.9.